The number of benzene rings is 1. The first-order valence-corrected chi connectivity index (χ1v) is 8.36. The molecule has 5 nitrogen and oxygen atoms in total. The highest BCUT2D eigenvalue weighted by Crippen LogP contribution is 2.23. The van der Waals surface area contributed by atoms with Crippen molar-refractivity contribution in [2.75, 3.05) is 32.8 Å². The van der Waals surface area contributed by atoms with Gasteiger partial charge in [0.15, 0.2) is 6.61 Å². The molecule has 6 heteroatoms. The number of aromatic nitrogens is 1. The zero-order chi connectivity index (χ0) is 16.8. The van der Waals surface area contributed by atoms with E-state index in [0.717, 1.165) is 19.6 Å². The zero-order valence-corrected chi connectivity index (χ0v) is 14.2. The van der Waals surface area contributed by atoms with E-state index in [-0.39, 0.29) is 12.5 Å². The molecule has 0 radical (unpaired) electrons. The third-order valence-electron chi connectivity index (χ3n) is 4.04. The van der Waals surface area contributed by atoms with E-state index >= 15 is 0 Å². The fourth-order valence-corrected chi connectivity index (χ4v) is 2.89. The quantitative estimate of drug-likeness (QED) is 0.835. The van der Waals surface area contributed by atoms with Gasteiger partial charge in [0.05, 0.1) is 5.02 Å². The number of rotatable bonds is 5. The molecule has 0 aliphatic carbocycles. The molecule has 2 aromatic rings. The number of pyridine rings is 1. The van der Waals surface area contributed by atoms with Gasteiger partial charge in [0, 0.05) is 45.1 Å². The maximum absolute atomic E-state index is 12.3. The van der Waals surface area contributed by atoms with Crippen LogP contribution in [-0.2, 0) is 11.3 Å². The highest BCUT2D eigenvalue weighted by Gasteiger charge is 2.21. The van der Waals surface area contributed by atoms with Crippen molar-refractivity contribution in [1.82, 2.24) is 14.8 Å². The van der Waals surface area contributed by atoms with Crippen LogP contribution in [0.2, 0.25) is 5.02 Å². The summed E-state index contributed by atoms with van der Waals surface area (Å²) in [4.78, 5) is 20.6. The predicted octanol–water partition coefficient (Wildman–Crippen LogP) is 2.46. The van der Waals surface area contributed by atoms with Crippen LogP contribution in [0.1, 0.15) is 5.56 Å². The fraction of sp³-hybridized carbons (Fsp3) is 0.333. The smallest absolute Gasteiger partial charge is 0.260 e. The average molecular weight is 346 g/mol. The fourth-order valence-electron chi connectivity index (χ4n) is 2.70. The molecule has 0 unspecified atom stereocenters. The van der Waals surface area contributed by atoms with Crippen molar-refractivity contribution in [3.05, 3.63) is 59.4 Å². The molecular formula is C18H20ClN3O2. The van der Waals surface area contributed by atoms with Gasteiger partial charge in [-0.05, 0) is 23.8 Å². The minimum absolute atomic E-state index is 0.00375. The first-order valence-electron chi connectivity index (χ1n) is 7.99. The van der Waals surface area contributed by atoms with Gasteiger partial charge in [0.1, 0.15) is 5.75 Å². The van der Waals surface area contributed by atoms with E-state index in [0.29, 0.717) is 23.9 Å². The van der Waals surface area contributed by atoms with Gasteiger partial charge in [-0.1, -0.05) is 29.8 Å². The van der Waals surface area contributed by atoms with E-state index in [1.54, 1.807) is 18.3 Å². The van der Waals surface area contributed by atoms with Crippen molar-refractivity contribution in [2.24, 2.45) is 0 Å². The Bertz CT molecular complexity index is 673. The molecule has 1 fully saturated rings. The monoisotopic (exact) mass is 345 g/mol. The van der Waals surface area contributed by atoms with E-state index in [4.69, 9.17) is 16.3 Å². The maximum atomic E-state index is 12.3. The van der Waals surface area contributed by atoms with Gasteiger partial charge in [0.25, 0.3) is 5.91 Å². The molecule has 0 bridgehead atoms. The lowest BCUT2D eigenvalue weighted by atomic mass is 10.2. The molecule has 1 aliphatic heterocycles. The summed E-state index contributed by atoms with van der Waals surface area (Å²) >= 11 is 6.03. The van der Waals surface area contributed by atoms with Gasteiger partial charge in [-0.25, -0.2) is 0 Å². The van der Waals surface area contributed by atoms with Crippen LogP contribution in [-0.4, -0.2) is 53.5 Å². The van der Waals surface area contributed by atoms with E-state index in [1.165, 1.54) is 5.56 Å². The minimum atomic E-state index is -0.00375. The first-order chi connectivity index (χ1) is 11.7. The van der Waals surface area contributed by atoms with Gasteiger partial charge >= 0.3 is 0 Å². The number of carbonyl (C=O) groups is 1. The first kappa shape index (κ1) is 16.7. The molecule has 0 N–H and O–H groups in total. The number of halogens is 1. The maximum Gasteiger partial charge on any atom is 0.260 e. The highest BCUT2D eigenvalue weighted by atomic mass is 35.5. The number of amides is 1. The van der Waals surface area contributed by atoms with E-state index < -0.39 is 0 Å². The highest BCUT2D eigenvalue weighted by molar-refractivity contribution is 6.32. The van der Waals surface area contributed by atoms with E-state index in [1.807, 2.05) is 29.3 Å². The standard InChI is InChI=1S/C18H20ClN3O2/c19-16-5-1-2-6-17(16)24-14-18(23)22-10-8-21(9-11-22)13-15-4-3-7-20-12-15/h1-7,12H,8-11,13-14H2. The zero-order valence-electron chi connectivity index (χ0n) is 13.4. The van der Waals surface area contributed by atoms with Crippen molar-refractivity contribution in [3.63, 3.8) is 0 Å². The van der Waals surface area contributed by atoms with Crippen molar-refractivity contribution < 1.29 is 9.53 Å². The van der Waals surface area contributed by atoms with Crippen LogP contribution in [0.15, 0.2) is 48.8 Å². The summed E-state index contributed by atoms with van der Waals surface area (Å²) in [6, 6.07) is 11.2. The summed E-state index contributed by atoms with van der Waals surface area (Å²) in [6.45, 7) is 4.02. The van der Waals surface area contributed by atoms with E-state index in [2.05, 4.69) is 16.0 Å². The molecule has 0 saturated carbocycles. The topological polar surface area (TPSA) is 45.7 Å². The second kappa shape index (κ2) is 8.13. The Kier molecular flexibility index (Phi) is 5.67. The second-order valence-corrected chi connectivity index (χ2v) is 6.14. The lowest BCUT2D eigenvalue weighted by molar-refractivity contribution is -0.135. The van der Waals surface area contributed by atoms with Crippen LogP contribution >= 0.6 is 11.6 Å². The number of nitrogens with zero attached hydrogens (tertiary/aromatic N) is 3. The summed E-state index contributed by atoms with van der Waals surface area (Å²) in [6.07, 6.45) is 3.66. The molecule has 1 aliphatic rings. The van der Waals surface area contributed by atoms with Crippen molar-refractivity contribution >= 4 is 17.5 Å². The Morgan fingerprint density at radius 2 is 1.92 bits per heavy atom. The normalized spacial score (nSPS) is 15.3. The molecule has 2 heterocycles. The molecule has 1 amide bonds. The van der Waals surface area contributed by atoms with Gasteiger partial charge in [0.2, 0.25) is 0 Å². The lowest BCUT2D eigenvalue weighted by Gasteiger charge is -2.34. The van der Waals surface area contributed by atoms with Crippen LogP contribution in [0, 0.1) is 0 Å². The summed E-state index contributed by atoms with van der Waals surface area (Å²) in [5.41, 5.74) is 1.19. The number of para-hydroxylation sites is 1. The van der Waals surface area contributed by atoms with Crippen LogP contribution < -0.4 is 4.74 Å². The lowest BCUT2D eigenvalue weighted by Crippen LogP contribution is -2.49. The largest absolute Gasteiger partial charge is 0.482 e. The van der Waals surface area contributed by atoms with Crippen LogP contribution in [0.5, 0.6) is 5.75 Å². The molecule has 1 aromatic carbocycles. The minimum Gasteiger partial charge on any atom is -0.482 e. The van der Waals surface area contributed by atoms with Crippen LogP contribution in [0.25, 0.3) is 0 Å². The van der Waals surface area contributed by atoms with Gasteiger partial charge in [-0.2, -0.15) is 0 Å². The molecule has 24 heavy (non-hydrogen) atoms. The van der Waals surface area contributed by atoms with E-state index in [9.17, 15) is 4.79 Å². The molecule has 0 atom stereocenters. The summed E-state index contributed by atoms with van der Waals surface area (Å²) in [7, 11) is 0. The Balaban J connectivity index is 1.44. The Morgan fingerprint density at radius 1 is 1.12 bits per heavy atom. The van der Waals surface area contributed by atoms with Crippen molar-refractivity contribution in [1.29, 1.82) is 0 Å². The number of hydrogen-bond donors (Lipinski definition) is 0. The number of ether oxygens (including phenoxy) is 1. The SMILES string of the molecule is O=C(COc1ccccc1Cl)N1CCN(Cc2cccnc2)CC1. The van der Waals surface area contributed by atoms with Crippen LogP contribution in [0.4, 0.5) is 0 Å². The molecular weight excluding hydrogens is 326 g/mol. The molecule has 1 aromatic heterocycles. The summed E-state index contributed by atoms with van der Waals surface area (Å²) < 4.78 is 5.53. The van der Waals surface area contributed by atoms with Crippen molar-refractivity contribution in [3.8, 4) is 5.75 Å². The molecule has 126 valence electrons. The Hall–Kier alpha value is -2.11. The third kappa shape index (κ3) is 4.46. The third-order valence-corrected chi connectivity index (χ3v) is 4.35. The van der Waals surface area contributed by atoms with Gasteiger partial charge in [-0.15, -0.1) is 0 Å². The summed E-state index contributed by atoms with van der Waals surface area (Å²) in [5, 5.41) is 0.520. The second-order valence-electron chi connectivity index (χ2n) is 5.74. The van der Waals surface area contributed by atoms with Gasteiger partial charge < -0.3 is 9.64 Å². The summed E-state index contributed by atoms with van der Waals surface area (Å²) in [5.74, 6) is 0.540. The van der Waals surface area contributed by atoms with Gasteiger partial charge in [-0.3, -0.25) is 14.7 Å². The molecule has 3 rings (SSSR count). The molecule has 1 saturated heterocycles. The number of piperazine rings is 1. The average Bonchev–Trinajstić information content (AvgIpc) is 2.62. The van der Waals surface area contributed by atoms with Crippen molar-refractivity contribution in [2.45, 2.75) is 6.54 Å². The number of carbonyl (C=O) groups excluding carboxylic acids is 1. The predicted molar refractivity (Wildman–Crippen MR) is 93.0 cm³/mol. The Morgan fingerprint density at radius 3 is 2.62 bits per heavy atom. The molecule has 0 spiro atoms. The number of hydrogen-bond acceptors (Lipinski definition) is 4. The Labute approximate surface area is 146 Å². The van der Waals surface area contributed by atoms with Crippen LogP contribution in [0.3, 0.4) is 0 Å².